The van der Waals surface area contributed by atoms with Gasteiger partial charge in [0.2, 0.25) is 0 Å². The van der Waals surface area contributed by atoms with Crippen molar-refractivity contribution in [1.29, 1.82) is 0 Å². The van der Waals surface area contributed by atoms with Gasteiger partial charge in [0.15, 0.2) is 11.6 Å². The molecule has 0 aliphatic rings. The summed E-state index contributed by atoms with van der Waals surface area (Å²) in [6.45, 7) is 4.25. The van der Waals surface area contributed by atoms with Crippen LogP contribution in [0.5, 0.6) is 5.75 Å². The van der Waals surface area contributed by atoms with Gasteiger partial charge in [-0.1, -0.05) is 24.3 Å². The molecular weight excluding hydrogens is 265 g/mol. The van der Waals surface area contributed by atoms with E-state index in [1.807, 2.05) is 13.1 Å². The number of benzene rings is 2. The molecule has 1 atom stereocenters. The highest BCUT2D eigenvalue weighted by atomic mass is 19.1. The number of hydrogen-bond donors (Lipinski definition) is 1. The van der Waals surface area contributed by atoms with Crippen LogP contribution in [0.3, 0.4) is 0 Å². The Bertz CT molecular complexity index is 604. The van der Waals surface area contributed by atoms with Gasteiger partial charge in [0.1, 0.15) is 0 Å². The summed E-state index contributed by atoms with van der Waals surface area (Å²) in [4.78, 5) is 0. The van der Waals surface area contributed by atoms with Crippen molar-refractivity contribution >= 4 is 0 Å². The van der Waals surface area contributed by atoms with Gasteiger partial charge >= 0.3 is 0 Å². The first-order valence-corrected chi connectivity index (χ1v) is 7.12. The number of ether oxygens (including phenoxy) is 1. The molecule has 1 N–H and O–H groups in total. The second-order valence-corrected chi connectivity index (χ2v) is 5.31. The summed E-state index contributed by atoms with van der Waals surface area (Å²) in [6, 6.07) is 11.5. The maximum absolute atomic E-state index is 13.5. The van der Waals surface area contributed by atoms with Crippen LogP contribution in [0.15, 0.2) is 36.4 Å². The van der Waals surface area contributed by atoms with E-state index in [1.54, 1.807) is 6.07 Å². The van der Waals surface area contributed by atoms with Crippen LogP contribution in [0.25, 0.3) is 0 Å². The lowest BCUT2D eigenvalue weighted by molar-refractivity contribution is 0.385. The topological polar surface area (TPSA) is 21.3 Å². The van der Waals surface area contributed by atoms with Crippen molar-refractivity contribution in [2.45, 2.75) is 26.3 Å². The fourth-order valence-corrected chi connectivity index (χ4v) is 2.65. The Morgan fingerprint density at radius 1 is 1.14 bits per heavy atom. The molecule has 0 amide bonds. The van der Waals surface area contributed by atoms with Crippen molar-refractivity contribution in [2.24, 2.45) is 0 Å². The highest BCUT2D eigenvalue weighted by Gasteiger charge is 2.15. The van der Waals surface area contributed by atoms with E-state index in [-0.39, 0.29) is 17.6 Å². The molecule has 0 aliphatic carbocycles. The average Bonchev–Trinajstić information content (AvgIpc) is 2.48. The van der Waals surface area contributed by atoms with Crippen molar-refractivity contribution < 1.29 is 9.13 Å². The summed E-state index contributed by atoms with van der Waals surface area (Å²) >= 11 is 0. The Hall–Kier alpha value is -1.87. The van der Waals surface area contributed by atoms with Crippen molar-refractivity contribution in [3.8, 4) is 5.75 Å². The lowest BCUT2D eigenvalue weighted by atomic mass is 9.93. The molecule has 0 bridgehead atoms. The van der Waals surface area contributed by atoms with Crippen LogP contribution in [-0.2, 0) is 6.42 Å². The molecule has 0 fully saturated rings. The fourth-order valence-electron chi connectivity index (χ4n) is 2.65. The summed E-state index contributed by atoms with van der Waals surface area (Å²) in [5.74, 6) is -0.0440. The normalized spacial score (nSPS) is 12.2. The number of nitrogens with one attached hydrogen (secondary N) is 1. The van der Waals surface area contributed by atoms with E-state index in [2.05, 4.69) is 37.4 Å². The average molecular weight is 287 g/mol. The van der Waals surface area contributed by atoms with Gasteiger partial charge in [-0.15, -0.1) is 0 Å². The Morgan fingerprint density at radius 2 is 1.81 bits per heavy atom. The first kappa shape index (κ1) is 15.5. The molecule has 3 heteroatoms. The Labute approximate surface area is 126 Å². The monoisotopic (exact) mass is 287 g/mol. The van der Waals surface area contributed by atoms with Crippen LogP contribution in [0.2, 0.25) is 0 Å². The molecule has 1 unspecified atom stereocenters. The minimum Gasteiger partial charge on any atom is -0.494 e. The molecule has 2 rings (SSSR count). The number of likely N-dealkylation sites (N-methyl/N-ethyl adjacent to an activating group) is 1. The largest absolute Gasteiger partial charge is 0.494 e. The smallest absolute Gasteiger partial charge is 0.165 e. The van der Waals surface area contributed by atoms with Crippen LogP contribution in [0.4, 0.5) is 4.39 Å². The fraction of sp³-hybridized carbons (Fsp3) is 0.333. The van der Waals surface area contributed by atoms with Crippen molar-refractivity contribution in [2.75, 3.05) is 14.2 Å². The second kappa shape index (κ2) is 6.72. The predicted molar refractivity (Wildman–Crippen MR) is 84.4 cm³/mol. The zero-order chi connectivity index (χ0) is 15.4. The lowest BCUT2D eigenvalue weighted by Crippen LogP contribution is -2.20. The number of rotatable bonds is 5. The molecule has 2 aromatic rings. The number of hydrogen-bond acceptors (Lipinski definition) is 2. The van der Waals surface area contributed by atoms with E-state index < -0.39 is 0 Å². The van der Waals surface area contributed by atoms with E-state index in [1.165, 1.54) is 29.9 Å². The van der Waals surface area contributed by atoms with Gasteiger partial charge in [-0.3, -0.25) is 0 Å². The van der Waals surface area contributed by atoms with E-state index in [9.17, 15) is 4.39 Å². The molecule has 21 heavy (non-hydrogen) atoms. The third-order valence-corrected chi connectivity index (χ3v) is 3.98. The van der Waals surface area contributed by atoms with Gasteiger partial charge in [-0.25, -0.2) is 4.39 Å². The molecule has 0 aliphatic heterocycles. The van der Waals surface area contributed by atoms with Crippen molar-refractivity contribution in [1.82, 2.24) is 5.32 Å². The first-order valence-electron chi connectivity index (χ1n) is 7.12. The summed E-state index contributed by atoms with van der Waals surface area (Å²) in [7, 11) is 3.41. The molecule has 0 saturated carbocycles. The minimum atomic E-state index is -0.330. The van der Waals surface area contributed by atoms with Gasteiger partial charge in [-0.05, 0) is 61.7 Å². The zero-order valence-corrected chi connectivity index (χ0v) is 13.0. The Balaban J connectivity index is 2.32. The van der Waals surface area contributed by atoms with Gasteiger partial charge in [0.25, 0.3) is 0 Å². The standard InChI is InChI=1S/C18H22FNO/c1-12-6-5-7-13(2)15(12)11-17(20-3)14-8-9-16(19)18(10-14)21-4/h5-10,17,20H,11H2,1-4H3. The molecule has 0 heterocycles. The Kier molecular flexibility index (Phi) is 4.97. The van der Waals surface area contributed by atoms with Crippen molar-refractivity contribution in [3.05, 3.63) is 64.5 Å². The Morgan fingerprint density at radius 3 is 2.38 bits per heavy atom. The third kappa shape index (κ3) is 3.42. The molecule has 0 radical (unpaired) electrons. The third-order valence-electron chi connectivity index (χ3n) is 3.98. The second-order valence-electron chi connectivity index (χ2n) is 5.31. The number of methoxy groups -OCH3 is 1. The van der Waals surface area contributed by atoms with Crippen LogP contribution in [0, 0.1) is 19.7 Å². The molecule has 0 saturated heterocycles. The number of halogens is 1. The van der Waals surface area contributed by atoms with Gasteiger partial charge in [-0.2, -0.15) is 0 Å². The van der Waals surface area contributed by atoms with Crippen LogP contribution < -0.4 is 10.1 Å². The predicted octanol–water partition coefficient (Wildman–Crippen LogP) is 3.95. The van der Waals surface area contributed by atoms with E-state index in [0.717, 1.165) is 12.0 Å². The minimum absolute atomic E-state index is 0.124. The van der Waals surface area contributed by atoms with Crippen LogP contribution in [0.1, 0.15) is 28.3 Å². The first-order chi connectivity index (χ1) is 10.1. The quantitative estimate of drug-likeness (QED) is 0.899. The summed E-state index contributed by atoms with van der Waals surface area (Å²) in [5, 5.41) is 3.31. The lowest BCUT2D eigenvalue weighted by Gasteiger charge is -2.20. The van der Waals surface area contributed by atoms with E-state index >= 15 is 0 Å². The molecule has 0 spiro atoms. The number of aryl methyl sites for hydroxylation is 2. The highest BCUT2D eigenvalue weighted by Crippen LogP contribution is 2.26. The molecular formula is C18H22FNO. The van der Waals surface area contributed by atoms with Crippen LogP contribution >= 0.6 is 0 Å². The molecule has 2 nitrogen and oxygen atoms in total. The summed E-state index contributed by atoms with van der Waals surface area (Å²) in [6.07, 6.45) is 0.865. The molecule has 2 aromatic carbocycles. The van der Waals surface area contributed by atoms with Gasteiger partial charge in [0.05, 0.1) is 7.11 Å². The van der Waals surface area contributed by atoms with Crippen molar-refractivity contribution in [3.63, 3.8) is 0 Å². The highest BCUT2D eigenvalue weighted by molar-refractivity contribution is 5.37. The maximum atomic E-state index is 13.5. The van der Waals surface area contributed by atoms with Gasteiger partial charge < -0.3 is 10.1 Å². The zero-order valence-electron chi connectivity index (χ0n) is 13.0. The van der Waals surface area contributed by atoms with E-state index in [4.69, 9.17) is 4.74 Å². The summed E-state index contributed by atoms with van der Waals surface area (Å²) in [5.41, 5.74) is 4.92. The molecule has 112 valence electrons. The van der Waals surface area contributed by atoms with Crippen LogP contribution in [-0.4, -0.2) is 14.2 Å². The van der Waals surface area contributed by atoms with Gasteiger partial charge in [0, 0.05) is 6.04 Å². The van der Waals surface area contributed by atoms with E-state index in [0.29, 0.717) is 0 Å². The maximum Gasteiger partial charge on any atom is 0.165 e. The molecule has 0 aromatic heterocycles. The SMILES string of the molecule is CNC(Cc1c(C)cccc1C)c1ccc(F)c(OC)c1. The summed E-state index contributed by atoms with van der Waals surface area (Å²) < 4.78 is 18.6.